The second-order valence-electron chi connectivity index (χ2n) is 7.45. The zero-order valence-electron chi connectivity index (χ0n) is 15.4. The summed E-state index contributed by atoms with van der Waals surface area (Å²) in [5.41, 5.74) is -0.110. The van der Waals surface area contributed by atoms with Crippen molar-refractivity contribution in [1.29, 1.82) is 0 Å². The standard InChI is InChI=1S/C20H30N2O3/c1-20(24,16-8-10-17(25-2)11-9-16)18-7-6-14-22(18)15-19(23)21-12-4-3-5-13-21/h8-11,18,24H,3-7,12-15H2,1-2H3. The van der Waals surface area contributed by atoms with Crippen molar-refractivity contribution in [2.45, 2.75) is 50.7 Å². The van der Waals surface area contributed by atoms with Crippen LogP contribution in [0, 0.1) is 0 Å². The molecular weight excluding hydrogens is 316 g/mol. The van der Waals surface area contributed by atoms with Gasteiger partial charge in [-0.1, -0.05) is 12.1 Å². The monoisotopic (exact) mass is 346 g/mol. The number of amides is 1. The average molecular weight is 346 g/mol. The van der Waals surface area contributed by atoms with Crippen molar-refractivity contribution >= 4 is 5.91 Å². The summed E-state index contributed by atoms with van der Waals surface area (Å²) in [6.45, 7) is 4.91. The Morgan fingerprint density at radius 1 is 1.16 bits per heavy atom. The van der Waals surface area contributed by atoms with Crippen LogP contribution in [0.4, 0.5) is 0 Å². The SMILES string of the molecule is COc1ccc(C(C)(O)C2CCCN2CC(=O)N2CCCCC2)cc1. The Hall–Kier alpha value is -1.59. The molecule has 2 unspecified atom stereocenters. The number of piperidine rings is 1. The first-order valence-corrected chi connectivity index (χ1v) is 9.41. The van der Waals surface area contributed by atoms with Crippen LogP contribution in [0.2, 0.25) is 0 Å². The van der Waals surface area contributed by atoms with Crippen LogP contribution in [0.25, 0.3) is 0 Å². The fraction of sp³-hybridized carbons (Fsp3) is 0.650. The summed E-state index contributed by atoms with van der Waals surface area (Å²) in [6, 6.07) is 7.56. The van der Waals surface area contributed by atoms with Crippen LogP contribution in [-0.2, 0) is 10.4 Å². The van der Waals surface area contributed by atoms with Gasteiger partial charge in [-0.3, -0.25) is 9.69 Å². The molecule has 5 heteroatoms. The van der Waals surface area contributed by atoms with E-state index in [1.54, 1.807) is 7.11 Å². The molecule has 1 aromatic carbocycles. The van der Waals surface area contributed by atoms with Gasteiger partial charge in [-0.25, -0.2) is 0 Å². The van der Waals surface area contributed by atoms with E-state index in [4.69, 9.17) is 4.74 Å². The maximum absolute atomic E-state index is 12.6. The number of benzene rings is 1. The molecule has 1 aromatic rings. The van der Waals surface area contributed by atoms with E-state index in [0.29, 0.717) is 6.54 Å². The molecule has 25 heavy (non-hydrogen) atoms. The lowest BCUT2D eigenvalue weighted by atomic mass is 9.86. The highest BCUT2D eigenvalue weighted by Gasteiger charge is 2.41. The largest absolute Gasteiger partial charge is 0.497 e. The summed E-state index contributed by atoms with van der Waals surface area (Å²) in [6.07, 6.45) is 5.37. The van der Waals surface area contributed by atoms with Crippen molar-refractivity contribution in [3.63, 3.8) is 0 Å². The summed E-state index contributed by atoms with van der Waals surface area (Å²) in [4.78, 5) is 16.8. The molecule has 0 aliphatic carbocycles. The molecule has 2 fully saturated rings. The van der Waals surface area contributed by atoms with E-state index < -0.39 is 5.60 Å². The van der Waals surface area contributed by atoms with Gasteiger partial charge in [-0.15, -0.1) is 0 Å². The average Bonchev–Trinajstić information content (AvgIpc) is 3.11. The number of methoxy groups -OCH3 is 1. The number of nitrogens with zero attached hydrogens (tertiary/aromatic N) is 2. The fourth-order valence-electron chi connectivity index (χ4n) is 4.19. The predicted octanol–water partition coefficient (Wildman–Crippen LogP) is 2.38. The van der Waals surface area contributed by atoms with Gasteiger partial charge in [0.15, 0.2) is 0 Å². The molecule has 2 saturated heterocycles. The zero-order chi connectivity index (χ0) is 17.9. The number of carbonyl (C=O) groups excluding carboxylic acids is 1. The van der Waals surface area contributed by atoms with Crippen molar-refractivity contribution in [3.8, 4) is 5.75 Å². The highest BCUT2D eigenvalue weighted by Crippen LogP contribution is 2.35. The lowest BCUT2D eigenvalue weighted by Crippen LogP contribution is -2.50. The van der Waals surface area contributed by atoms with E-state index in [-0.39, 0.29) is 11.9 Å². The third-order valence-electron chi connectivity index (χ3n) is 5.73. The maximum Gasteiger partial charge on any atom is 0.236 e. The summed E-state index contributed by atoms with van der Waals surface area (Å²) in [5, 5.41) is 11.2. The zero-order valence-corrected chi connectivity index (χ0v) is 15.4. The molecule has 2 aliphatic heterocycles. The minimum atomic E-state index is -0.981. The van der Waals surface area contributed by atoms with E-state index >= 15 is 0 Å². The Morgan fingerprint density at radius 3 is 2.48 bits per heavy atom. The van der Waals surface area contributed by atoms with Crippen molar-refractivity contribution < 1.29 is 14.6 Å². The normalized spacial score (nSPS) is 24.1. The van der Waals surface area contributed by atoms with E-state index in [0.717, 1.165) is 56.6 Å². The summed E-state index contributed by atoms with van der Waals surface area (Å²) in [5.74, 6) is 0.986. The van der Waals surface area contributed by atoms with E-state index in [2.05, 4.69) is 4.90 Å². The van der Waals surface area contributed by atoms with Crippen LogP contribution in [0.15, 0.2) is 24.3 Å². The molecule has 2 aliphatic rings. The fourth-order valence-corrected chi connectivity index (χ4v) is 4.19. The second kappa shape index (κ2) is 7.75. The van der Waals surface area contributed by atoms with Crippen molar-refractivity contribution in [3.05, 3.63) is 29.8 Å². The molecule has 1 amide bonds. The summed E-state index contributed by atoms with van der Waals surface area (Å²) < 4.78 is 5.21. The van der Waals surface area contributed by atoms with Crippen LogP contribution >= 0.6 is 0 Å². The van der Waals surface area contributed by atoms with Gasteiger partial charge in [0.2, 0.25) is 5.91 Å². The Labute approximate surface area is 150 Å². The first-order chi connectivity index (χ1) is 12.0. The summed E-state index contributed by atoms with van der Waals surface area (Å²) >= 11 is 0. The molecule has 2 heterocycles. The molecule has 0 spiro atoms. The molecule has 0 radical (unpaired) electrons. The van der Waals surface area contributed by atoms with Gasteiger partial charge in [0.1, 0.15) is 11.4 Å². The van der Waals surface area contributed by atoms with Crippen molar-refractivity contribution in [2.75, 3.05) is 33.3 Å². The predicted molar refractivity (Wildman–Crippen MR) is 97.6 cm³/mol. The molecule has 2 atom stereocenters. The van der Waals surface area contributed by atoms with Crippen LogP contribution in [0.5, 0.6) is 5.75 Å². The highest BCUT2D eigenvalue weighted by molar-refractivity contribution is 5.78. The number of hydrogen-bond donors (Lipinski definition) is 1. The quantitative estimate of drug-likeness (QED) is 0.889. The van der Waals surface area contributed by atoms with E-state index in [1.165, 1.54) is 6.42 Å². The molecular formula is C20H30N2O3. The van der Waals surface area contributed by atoms with Crippen LogP contribution < -0.4 is 4.74 Å². The second-order valence-corrected chi connectivity index (χ2v) is 7.45. The Kier molecular flexibility index (Phi) is 5.64. The molecule has 138 valence electrons. The minimum Gasteiger partial charge on any atom is -0.497 e. The number of rotatable bonds is 5. The lowest BCUT2D eigenvalue weighted by molar-refractivity contribution is -0.134. The van der Waals surface area contributed by atoms with Crippen LogP contribution in [-0.4, -0.2) is 60.1 Å². The van der Waals surface area contributed by atoms with Gasteiger partial charge in [-0.2, -0.15) is 0 Å². The number of ether oxygens (including phenoxy) is 1. The molecule has 0 aromatic heterocycles. The lowest BCUT2D eigenvalue weighted by Gasteiger charge is -2.38. The number of likely N-dealkylation sites (tertiary alicyclic amines) is 2. The molecule has 0 saturated carbocycles. The topological polar surface area (TPSA) is 53.0 Å². The van der Waals surface area contributed by atoms with Crippen molar-refractivity contribution in [2.24, 2.45) is 0 Å². The van der Waals surface area contributed by atoms with Crippen LogP contribution in [0.1, 0.15) is 44.6 Å². The van der Waals surface area contributed by atoms with E-state index in [9.17, 15) is 9.90 Å². The number of hydrogen-bond acceptors (Lipinski definition) is 4. The molecule has 1 N–H and O–H groups in total. The third kappa shape index (κ3) is 3.98. The van der Waals surface area contributed by atoms with Crippen molar-refractivity contribution in [1.82, 2.24) is 9.80 Å². The maximum atomic E-state index is 12.6. The van der Waals surface area contributed by atoms with Gasteiger partial charge in [0.25, 0.3) is 0 Å². The Bertz CT molecular complexity index is 579. The smallest absolute Gasteiger partial charge is 0.236 e. The van der Waals surface area contributed by atoms with Gasteiger partial charge < -0.3 is 14.7 Å². The Balaban J connectivity index is 1.69. The van der Waals surface area contributed by atoms with Gasteiger partial charge >= 0.3 is 0 Å². The van der Waals surface area contributed by atoms with Crippen LogP contribution in [0.3, 0.4) is 0 Å². The first-order valence-electron chi connectivity index (χ1n) is 9.41. The number of aliphatic hydroxyl groups is 1. The van der Waals surface area contributed by atoms with Gasteiger partial charge in [-0.05, 0) is 63.3 Å². The molecule has 3 rings (SSSR count). The first kappa shape index (κ1) is 18.2. The third-order valence-corrected chi connectivity index (χ3v) is 5.73. The summed E-state index contributed by atoms with van der Waals surface area (Å²) in [7, 11) is 1.64. The minimum absolute atomic E-state index is 0.0327. The highest BCUT2D eigenvalue weighted by atomic mass is 16.5. The Morgan fingerprint density at radius 2 is 1.84 bits per heavy atom. The van der Waals surface area contributed by atoms with E-state index in [1.807, 2.05) is 36.1 Å². The molecule has 5 nitrogen and oxygen atoms in total. The van der Waals surface area contributed by atoms with Gasteiger partial charge in [0.05, 0.1) is 13.7 Å². The van der Waals surface area contributed by atoms with Gasteiger partial charge in [0, 0.05) is 19.1 Å². The number of carbonyl (C=O) groups is 1. The molecule has 0 bridgehead atoms.